The van der Waals surface area contributed by atoms with E-state index in [4.69, 9.17) is 0 Å². The van der Waals surface area contributed by atoms with Gasteiger partial charge in [0, 0.05) is 12.6 Å². The molecule has 1 aromatic heterocycles. The van der Waals surface area contributed by atoms with Crippen LogP contribution in [0.3, 0.4) is 0 Å². The van der Waals surface area contributed by atoms with Crippen LogP contribution in [0, 0.1) is 12.8 Å². The summed E-state index contributed by atoms with van der Waals surface area (Å²) in [6.45, 7) is 3.07. The summed E-state index contributed by atoms with van der Waals surface area (Å²) in [6, 6.07) is 2.35. The van der Waals surface area contributed by atoms with Crippen LogP contribution in [0.5, 0.6) is 0 Å². The summed E-state index contributed by atoms with van der Waals surface area (Å²) in [6.07, 6.45) is 4.88. The monoisotopic (exact) mass is 280 g/mol. The van der Waals surface area contributed by atoms with Crippen molar-refractivity contribution in [2.45, 2.75) is 38.6 Å². The second-order valence-corrected chi connectivity index (χ2v) is 6.74. The normalized spacial score (nSPS) is 23.6. The highest BCUT2D eigenvalue weighted by Gasteiger charge is 2.27. The minimum absolute atomic E-state index is 0.114. The average molecular weight is 280 g/mol. The van der Waals surface area contributed by atoms with E-state index in [1.54, 1.807) is 0 Å². The van der Waals surface area contributed by atoms with Gasteiger partial charge >= 0.3 is 0 Å². The number of hydrogen-bond donors (Lipinski definition) is 1. The molecule has 3 nitrogen and oxygen atoms in total. The van der Waals surface area contributed by atoms with Crippen LogP contribution in [-0.4, -0.2) is 37.5 Å². The third-order valence-corrected chi connectivity index (χ3v) is 4.91. The quantitative estimate of drug-likeness (QED) is 0.920. The van der Waals surface area contributed by atoms with Gasteiger partial charge in [0.25, 0.3) is 5.91 Å². The lowest BCUT2D eigenvalue weighted by molar-refractivity contribution is 0.0899. The highest BCUT2D eigenvalue weighted by atomic mass is 32.1. The second kappa shape index (κ2) is 6.53. The first-order valence-electron chi connectivity index (χ1n) is 7.07. The summed E-state index contributed by atoms with van der Waals surface area (Å²) in [5.74, 6) is 0.705. The van der Waals surface area contributed by atoms with Crippen LogP contribution in [0.1, 0.15) is 40.9 Å². The number of thiophene rings is 1. The molecule has 0 aromatic carbocycles. The number of hydrogen-bond acceptors (Lipinski definition) is 3. The summed E-state index contributed by atoms with van der Waals surface area (Å²) < 4.78 is 0. The molecule has 0 bridgehead atoms. The standard InChI is InChI=1S/C15H24N2OS/c1-11-8-9-19-14(11)15(18)16-13-7-5-4-6-12(13)10-17(2)3/h8-9,12-13H,4-7,10H2,1-3H3,(H,16,18). The number of carbonyl (C=O) groups is 1. The highest BCUT2D eigenvalue weighted by molar-refractivity contribution is 7.12. The third-order valence-electron chi connectivity index (χ3n) is 3.89. The smallest absolute Gasteiger partial charge is 0.261 e. The molecule has 1 fully saturated rings. The van der Waals surface area contributed by atoms with Crippen LogP contribution in [0.15, 0.2) is 11.4 Å². The van der Waals surface area contributed by atoms with Crippen LogP contribution < -0.4 is 5.32 Å². The van der Waals surface area contributed by atoms with Crippen molar-refractivity contribution in [1.29, 1.82) is 0 Å². The van der Waals surface area contributed by atoms with Gasteiger partial charge in [-0.15, -0.1) is 11.3 Å². The molecule has 19 heavy (non-hydrogen) atoms. The van der Waals surface area contributed by atoms with Gasteiger partial charge in [0.2, 0.25) is 0 Å². The first-order valence-corrected chi connectivity index (χ1v) is 7.95. The molecular weight excluding hydrogens is 256 g/mol. The lowest BCUT2D eigenvalue weighted by atomic mass is 9.84. The van der Waals surface area contributed by atoms with Crippen LogP contribution in [0.2, 0.25) is 0 Å². The van der Waals surface area contributed by atoms with Gasteiger partial charge in [0.15, 0.2) is 0 Å². The molecule has 1 aliphatic carbocycles. The number of amides is 1. The Balaban J connectivity index is 1.99. The van der Waals surface area contributed by atoms with E-state index >= 15 is 0 Å². The summed E-state index contributed by atoms with van der Waals surface area (Å²) >= 11 is 1.54. The highest BCUT2D eigenvalue weighted by Crippen LogP contribution is 2.26. The predicted octanol–water partition coefficient (Wildman–Crippen LogP) is 2.91. The zero-order valence-electron chi connectivity index (χ0n) is 12.1. The molecule has 0 aliphatic heterocycles. The van der Waals surface area contributed by atoms with Gasteiger partial charge in [-0.2, -0.15) is 0 Å². The van der Waals surface area contributed by atoms with E-state index in [9.17, 15) is 4.79 Å². The second-order valence-electron chi connectivity index (χ2n) is 5.82. The molecule has 106 valence electrons. The first-order chi connectivity index (χ1) is 9.08. The van der Waals surface area contributed by atoms with Crippen molar-refractivity contribution in [3.8, 4) is 0 Å². The molecule has 4 heteroatoms. The van der Waals surface area contributed by atoms with Gasteiger partial charge in [-0.3, -0.25) is 4.79 Å². The molecule has 0 radical (unpaired) electrons. The molecule has 0 saturated heterocycles. The Hall–Kier alpha value is -0.870. The molecule has 1 N–H and O–H groups in total. The molecule has 1 aromatic rings. The van der Waals surface area contributed by atoms with E-state index in [1.807, 2.05) is 18.4 Å². The molecule has 0 spiro atoms. The molecule has 1 heterocycles. The van der Waals surface area contributed by atoms with Crippen molar-refractivity contribution in [1.82, 2.24) is 10.2 Å². The molecule has 2 unspecified atom stereocenters. The van der Waals surface area contributed by atoms with Crippen LogP contribution in [0.4, 0.5) is 0 Å². The fraction of sp³-hybridized carbons (Fsp3) is 0.667. The maximum Gasteiger partial charge on any atom is 0.261 e. The fourth-order valence-electron chi connectivity index (χ4n) is 2.92. The molecule has 2 atom stereocenters. The Morgan fingerprint density at radius 1 is 1.42 bits per heavy atom. The van der Waals surface area contributed by atoms with Crippen molar-refractivity contribution in [2.24, 2.45) is 5.92 Å². The summed E-state index contributed by atoms with van der Waals surface area (Å²) in [4.78, 5) is 15.4. The van der Waals surface area contributed by atoms with Gasteiger partial charge in [-0.1, -0.05) is 12.8 Å². The third kappa shape index (κ3) is 3.80. The Labute approximate surface area is 120 Å². The van der Waals surface area contributed by atoms with Gasteiger partial charge < -0.3 is 10.2 Å². The summed E-state index contributed by atoms with van der Waals surface area (Å²) in [7, 11) is 4.22. The predicted molar refractivity (Wildman–Crippen MR) is 80.8 cm³/mol. The van der Waals surface area contributed by atoms with Crippen molar-refractivity contribution in [3.63, 3.8) is 0 Å². The van der Waals surface area contributed by atoms with Crippen molar-refractivity contribution in [2.75, 3.05) is 20.6 Å². The van der Waals surface area contributed by atoms with Crippen LogP contribution >= 0.6 is 11.3 Å². The first kappa shape index (κ1) is 14.5. The van der Waals surface area contributed by atoms with E-state index in [0.29, 0.717) is 12.0 Å². The van der Waals surface area contributed by atoms with Crippen molar-refractivity contribution in [3.05, 3.63) is 21.9 Å². The van der Waals surface area contributed by atoms with Crippen molar-refractivity contribution < 1.29 is 4.79 Å². The zero-order chi connectivity index (χ0) is 13.8. The van der Waals surface area contributed by atoms with E-state index in [1.165, 1.54) is 30.6 Å². The molecule has 2 rings (SSSR count). The van der Waals surface area contributed by atoms with Crippen LogP contribution in [0.25, 0.3) is 0 Å². The lowest BCUT2D eigenvalue weighted by Crippen LogP contribution is -2.45. The lowest BCUT2D eigenvalue weighted by Gasteiger charge is -2.33. The average Bonchev–Trinajstić information content (AvgIpc) is 2.77. The maximum absolute atomic E-state index is 12.3. The summed E-state index contributed by atoms with van der Waals surface area (Å²) in [5, 5.41) is 5.25. The Bertz CT molecular complexity index is 428. The van der Waals surface area contributed by atoms with Crippen LogP contribution in [-0.2, 0) is 0 Å². The van der Waals surface area contributed by atoms with Gasteiger partial charge in [-0.25, -0.2) is 0 Å². The number of rotatable bonds is 4. The number of nitrogens with zero attached hydrogens (tertiary/aromatic N) is 1. The molecule has 1 aliphatic rings. The number of carbonyl (C=O) groups excluding carboxylic acids is 1. The Morgan fingerprint density at radius 2 is 2.16 bits per heavy atom. The Morgan fingerprint density at radius 3 is 2.79 bits per heavy atom. The molecule has 1 saturated carbocycles. The fourth-order valence-corrected chi connectivity index (χ4v) is 3.75. The number of nitrogens with one attached hydrogen (secondary N) is 1. The van der Waals surface area contributed by atoms with Gasteiger partial charge in [0.05, 0.1) is 4.88 Å². The van der Waals surface area contributed by atoms with E-state index in [-0.39, 0.29) is 5.91 Å². The SMILES string of the molecule is Cc1ccsc1C(=O)NC1CCCCC1CN(C)C. The van der Waals surface area contributed by atoms with Crippen molar-refractivity contribution >= 4 is 17.2 Å². The summed E-state index contributed by atoms with van der Waals surface area (Å²) in [5.41, 5.74) is 1.09. The van der Waals surface area contributed by atoms with Gasteiger partial charge in [-0.05, 0) is 56.8 Å². The van der Waals surface area contributed by atoms with E-state index < -0.39 is 0 Å². The number of aryl methyl sites for hydroxylation is 1. The minimum atomic E-state index is 0.114. The Kier molecular flexibility index (Phi) is 4.99. The zero-order valence-corrected chi connectivity index (χ0v) is 12.9. The van der Waals surface area contributed by atoms with E-state index in [0.717, 1.165) is 23.4 Å². The topological polar surface area (TPSA) is 32.3 Å². The molecular formula is C15H24N2OS. The minimum Gasteiger partial charge on any atom is -0.348 e. The van der Waals surface area contributed by atoms with E-state index in [2.05, 4.69) is 24.3 Å². The largest absolute Gasteiger partial charge is 0.348 e. The maximum atomic E-state index is 12.3. The molecule has 1 amide bonds. The van der Waals surface area contributed by atoms with Gasteiger partial charge in [0.1, 0.15) is 0 Å².